The molecule has 7 heteroatoms. The molecule has 26 heavy (non-hydrogen) atoms. The molecule has 0 aliphatic rings. The Morgan fingerprint density at radius 2 is 1.92 bits per heavy atom. The summed E-state index contributed by atoms with van der Waals surface area (Å²) in [5, 5.41) is 11.7. The lowest BCUT2D eigenvalue weighted by molar-refractivity contribution is 0.0950. The second kappa shape index (κ2) is 7.84. The number of methoxy groups -OCH3 is 1. The molecule has 0 radical (unpaired) electrons. The Labute approximate surface area is 155 Å². The van der Waals surface area contributed by atoms with Gasteiger partial charge in [0, 0.05) is 10.6 Å². The van der Waals surface area contributed by atoms with Crippen LogP contribution in [-0.2, 0) is 0 Å². The van der Waals surface area contributed by atoms with Gasteiger partial charge < -0.3 is 4.74 Å². The zero-order valence-corrected chi connectivity index (χ0v) is 15.0. The number of hydrogen-bond acceptors (Lipinski definition) is 4. The zero-order valence-electron chi connectivity index (χ0n) is 14.3. The fourth-order valence-electron chi connectivity index (χ4n) is 2.38. The average molecular weight is 369 g/mol. The predicted octanol–water partition coefficient (Wildman–Crippen LogP) is 3.89. The van der Waals surface area contributed by atoms with E-state index in [0.717, 1.165) is 11.1 Å². The van der Waals surface area contributed by atoms with Crippen molar-refractivity contribution >= 4 is 23.2 Å². The van der Waals surface area contributed by atoms with E-state index in [-0.39, 0.29) is 5.91 Å². The summed E-state index contributed by atoms with van der Waals surface area (Å²) in [5.41, 5.74) is 5.77. The maximum Gasteiger partial charge on any atom is 0.289 e. The number of H-pyrrole nitrogens is 1. The molecule has 0 fully saturated rings. The average Bonchev–Trinajstić information content (AvgIpc) is 3.16. The van der Waals surface area contributed by atoms with Crippen molar-refractivity contribution in [3.05, 3.63) is 70.9 Å². The number of aromatic nitrogens is 2. The quantitative estimate of drug-likeness (QED) is 0.529. The zero-order chi connectivity index (χ0) is 18.5. The van der Waals surface area contributed by atoms with E-state index >= 15 is 0 Å². The number of para-hydroxylation sites is 1. The number of hydrogen-bond donors (Lipinski definition) is 2. The highest BCUT2D eigenvalue weighted by Gasteiger charge is 2.13. The molecular weight excluding hydrogens is 352 g/mol. The van der Waals surface area contributed by atoms with Gasteiger partial charge in [-0.05, 0) is 42.8 Å². The summed E-state index contributed by atoms with van der Waals surface area (Å²) >= 11 is 5.87. The molecule has 1 aromatic heterocycles. The minimum atomic E-state index is -0.382. The van der Waals surface area contributed by atoms with Gasteiger partial charge in [-0.15, -0.1) is 0 Å². The summed E-state index contributed by atoms with van der Waals surface area (Å²) in [7, 11) is 1.59. The van der Waals surface area contributed by atoms with Gasteiger partial charge in [0.15, 0.2) is 0 Å². The molecule has 2 aromatic carbocycles. The van der Waals surface area contributed by atoms with E-state index in [4.69, 9.17) is 16.3 Å². The monoisotopic (exact) mass is 368 g/mol. The van der Waals surface area contributed by atoms with E-state index < -0.39 is 0 Å². The van der Waals surface area contributed by atoms with E-state index in [9.17, 15) is 4.79 Å². The van der Waals surface area contributed by atoms with E-state index in [1.807, 2.05) is 36.4 Å². The van der Waals surface area contributed by atoms with Crippen LogP contribution in [-0.4, -0.2) is 28.9 Å². The Balaban J connectivity index is 1.74. The van der Waals surface area contributed by atoms with Crippen molar-refractivity contribution in [2.24, 2.45) is 5.10 Å². The maximum atomic E-state index is 12.3. The molecule has 0 saturated carbocycles. The third-order valence-corrected chi connectivity index (χ3v) is 4.04. The van der Waals surface area contributed by atoms with Crippen LogP contribution in [0.15, 0.2) is 59.7 Å². The molecule has 1 amide bonds. The summed E-state index contributed by atoms with van der Waals surface area (Å²) in [6, 6.07) is 16.3. The minimum absolute atomic E-state index is 0.304. The van der Waals surface area contributed by atoms with Gasteiger partial charge in [-0.1, -0.05) is 35.9 Å². The molecule has 0 saturated heterocycles. The third kappa shape index (κ3) is 3.92. The SMILES string of the molecule is COc1ccccc1-c1cc(C(=O)N/N=C(\C)c2ccc(Cl)cc2)[nH]n1. The van der Waals surface area contributed by atoms with Crippen molar-refractivity contribution in [2.45, 2.75) is 6.92 Å². The van der Waals surface area contributed by atoms with Gasteiger partial charge in [0.25, 0.3) is 5.91 Å². The highest BCUT2D eigenvalue weighted by molar-refractivity contribution is 6.30. The van der Waals surface area contributed by atoms with Crippen molar-refractivity contribution < 1.29 is 9.53 Å². The third-order valence-electron chi connectivity index (χ3n) is 3.79. The van der Waals surface area contributed by atoms with E-state index in [1.165, 1.54) is 0 Å². The van der Waals surface area contributed by atoms with Crippen molar-refractivity contribution in [3.8, 4) is 17.0 Å². The Kier molecular flexibility index (Phi) is 5.34. The second-order valence-corrected chi connectivity index (χ2v) is 5.95. The fraction of sp³-hybridized carbons (Fsp3) is 0.105. The van der Waals surface area contributed by atoms with Crippen LogP contribution in [0, 0.1) is 0 Å². The normalized spacial score (nSPS) is 11.3. The number of carbonyl (C=O) groups is 1. The number of nitrogens with zero attached hydrogens (tertiary/aromatic N) is 2. The molecule has 6 nitrogen and oxygen atoms in total. The number of aromatic amines is 1. The van der Waals surface area contributed by atoms with Crippen LogP contribution in [0.25, 0.3) is 11.3 Å². The van der Waals surface area contributed by atoms with Crippen molar-refractivity contribution in [2.75, 3.05) is 7.11 Å². The van der Waals surface area contributed by atoms with Gasteiger partial charge in [-0.25, -0.2) is 5.43 Å². The number of benzene rings is 2. The van der Waals surface area contributed by atoms with Crippen molar-refractivity contribution in [3.63, 3.8) is 0 Å². The first-order chi connectivity index (χ1) is 12.6. The fourth-order valence-corrected chi connectivity index (χ4v) is 2.51. The topological polar surface area (TPSA) is 79.4 Å². The lowest BCUT2D eigenvalue weighted by Gasteiger charge is -2.04. The molecule has 0 spiro atoms. The molecule has 3 aromatic rings. The first-order valence-electron chi connectivity index (χ1n) is 7.88. The highest BCUT2D eigenvalue weighted by atomic mass is 35.5. The summed E-state index contributed by atoms with van der Waals surface area (Å²) in [5.74, 6) is 0.300. The van der Waals surface area contributed by atoms with Gasteiger partial charge in [-0.3, -0.25) is 9.89 Å². The van der Waals surface area contributed by atoms with Gasteiger partial charge in [-0.2, -0.15) is 10.2 Å². The summed E-state index contributed by atoms with van der Waals surface area (Å²) in [6.07, 6.45) is 0. The summed E-state index contributed by atoms with van der Waals surface area (Å²) in [4.78, 5) is 12.3. The summed E-state index contributed by atoms with van der Waals surface area (Å²) in [6.45, 7) is 1.80. The van der Waals surface area contributed by atoms with E-state index in [0.29, 0.717) is 27.9 Å². The standard InChI is InChI=1S/C19H17ClN4O2/c1-12(13-7-9-14(20)10-8-13)21-24-19(25)17-11-16(22-23-17)15-5-3-4-6-18(15)26-2/h3-11H,1-2H3,(H,22,23)(H,24,25)/b21-12+. The van der Waals surface area contributed by atoms with E-state index in [2.05, 4.69) is 20.7 Å². The van der Waals surface area contributed by atoms with Crippen LogP contribution in [0.3, 0.4) is 0 Å². The lowest BCUT2D eigenvalue weighted by atomic mass is 10.1. The van der Waals surface area contributed by atoms with Gasteiger partial charge in [0.2, 0.25) is 0 Å². The largest absolute Gasteiger partial charge is 0.496 e. The molecule has 0 aliphatic carbocycles. The van der Waals surface area contributed by atoms with Gasteiger partial charge in [0.05, 0.1) is 18.5 Å². The van der Waals surface area contributed by atoms with Crippen LogP contribution in [0.1, 0.15) is 23.0 Å². The second-order valence-electron chi connectivity index (χ2n) is 5.51. The number of hydrazone groups is 1. The summed E-state index contributed by atoms with van der Waals surface area (Å²) < 4.78 is 5.32. The molecular formula is C19H17ClN4O2. The Morgan fingerprint density at radius 1 is 1.19 bits per heavy atom. The Bertz CT molecular complexity index is 948. The molecule has 0 unspecified atom stereocenters. The number of nitrogens with one attached hydrogen (secondary N) is 2. The van der Waals surface area contributed by atoms with Gasteiger partial charge in [0.1, 0.15) is 11.4 Å². The molecule has 132 valence electrons. The first kappa shape index (κ1) is 17.7. The Morgan fingerprint density at radius 3 is 2.65 bits per heavy atom. The molecule has 0 aliphatic heterocycles. The van der Waals surface area contributed by atoms with Crippen molar-refractivity contribution in [1.29, 1.82) is 0 Å². The molecule has 0 bridgehead atoms. The Hall–Kier alpha value is -3.12. The van der Waals surface area contributed by atoms with Crippen LogP contribution >= 0.6 is 11.6 Å². The van der Waals surface area contributed by atoms with Crippen LogP contribution in [0.2, 0.25) is 5.02 Å². The van der Waals surface area contributed by atoms with Crippen molar-refractivity contribution in [1.82, 2.24) is 15.6 Å². The number of halogens is 1. The lowest BCUT2D eigenvalue weighted by Crippen LogP contribution is -2.19. The highest BCUT2D eigenvalue weighted by Crippen LogP contribution is 2.28. The molecule has 3 rings (SSSR count). The molecule has 1 heterocycles. The number of carbonyl (C=O) groups excluding carboxylic acids is 1. The number of rotatable bonds is 5. The maximum absolute atomic E-state index is 12.3. The molecule has 0 atom stereocenters. The predicted molar refractivity (Wildman–Crippen MR) is 102 cm³/mol. The van der Waals surface area contributed by atoms with Crippen LogP contribution in [0.4, 0.5) is 0 Å². The van der Waals surface area contributed by atoms with E-state index in [1.54, 1.807) is 32.2 Å². The molecule has 2 N–H and O–H groups in total. The number of ether oxygens (including phenoxy) is 1. The minimum Gasteiger partial charge on any atom is -0.496 e. The van der Waals surface area contributed by atoms with Gasteiger partial charge >= 0.3 is 0 Å². The smallest absolute Gasteiger partial charge is 0.289 e. The van der Waals surface area contributed by atoms with Crippen LogP contribution < -0.4 is 10.2 Å². The number of amides is 1. The first-order valence-corrected chi connectivity index (χ1v) is 8.25. The van der Waals surface area contributed by atoms with Crippen LogP contribution in [0.5, 0.6) is 5.75 Å².